The van der Waals surface area contributed by atoms with Crippen LogP contribution in [0, 0.1) is 12.3 Å². The normalized spacial score (nSPS) is 14.1. The zero-order valence-electron chi connectivity index (χ0n) is 7.30. The Morgan fingerprint density at radius 1 is 1.64 bits per heavy atom. The van der Waals surface area contributed by atoms with Crippen molar-refractivity contribution in [1.82, 2.24) is 0 Å². The predicted molar refractivity (Wildman–Crippen MR) is 47.0 cm³/mol. The summed E-state index contributed by atoms with van der Waals surface area (Å²) in [6.45, 7) is 3.79. The van der Waals surface area contributed by atoms with E-state index >= 15 is 0 Å². The molecule has 0 aromatic rings. The molecule has 0 aliphatic carbocycles. The number of aliphatic hydroxyl groups excluding tert-OH is 1. The van der Waals surface area contributed by atoms with Crippen LogP contribution in [0.5, 0.6) is 0 Å². The van der Waals surface area contributed by atoms with Gasteiger partial charge < -0.3 is 10.8 Å². The molecule has 0 heterocycles. The van der Waals surface area contributed by atoms with E-state index in [0.717, 1.165) is 0 Å². The van der Waals surface area contributed by atoms with Gasteiger partial charge in [0.2, 0.25) is 0 Å². The van der Waals surface area contributed by atoms with Gasteiger partial charge in [0.25, 0.3) is 0 Å². The van der Waals surface area contributed by atoms with Crippen LogP contribution < -0.4 is 5.73 Å². The molecule has 1 unspecified atom stereocenters. The Kier molecular flexibility index (Phi) is 4.17. The third-order valence-electron chi connectivity index (χ3n) is 1.38. The molecule has 0 saturated heterocycles. The summed E-state index contributed by atoms with van der Waals surface area (Å²) in [6.07, 6.45) is 6.57. The molecule has 0 spiro atoms. The second kappa shape index (κ2) is 4.38. The minimum absolute atomic E-state index is 0.298. The molecule has 0 saturated carbocycles. The highest BCUT2D eigenvalue weighted by Gasteiger charge is 2.15. The van der Waals surface area contributed by atoms with Crippen LogP contribution >= 0.6 is 0 Å². The van der Waals surface area contributed by atoms with E-state index in [1.54, 1.807) is 0 Å². The summed E-state index contributed by atoms with van der Waals surface area (Å²) < 4.78 is 0. The lowest BCUT2D eigenvalue weighted by Gasteiger charge is -2.21. The molecule has 2 nitrogen and oxygen atoms in total. The standard InChI is InChI=1S/C9H17NO/c1-4-5-6-8(11)7-9(2,3)10/h1,8,11H,5-7,10H2,2-3H3. The first-order chi connectivity index (χ1) is 4.95. The van der Waals surface area contributed by atoms with Gasteiger partial charge in [0.1, 0.15) is 0 Å². The summed E-state index contributed by atoms with van der Waals surface area (Å²) in [4.78, 5) is 0. The van der Waals surface area contributed by atoms with E-state index < -0.39 is 0 Å². The Morgan fingerprint density at radius 3 is 2.55 bits per heavy atom. The molecule has 0 bridgehead atoms. The van der Waals surface area contributed by atoms with Crippen molar-refractivity contribution in [2.24, 2.45) is 5.73 Å². The molecule has 0 aliphatic rings. The van der Waals surface area contributed by atoms with Crippen LogP contribution in [-0.4, -0.2) is 16.7 Å². The second-order valence-corrected chi connectivity index (χ2v) is 3.59. The highest BCUT2D eigenvalue weighted by atomic mass is 16.3. The van der Waals surface area contributed by atoms with Gasteiger partial charge >= 0.3 is 0 Å². The maximum atomic E-state index is 9.34. The highest BCUT2D eigenvalue weighted by molar-refractivity contribution is 4.85. The fraction of sp³-hybridized carbons (Fsp3) is 0.778. The molecule has 0 amide bonds. The molecule has 0 fully saturated rings. The van der Waals surface area contributed by atoms with Gasteiger partial charge in [0, 0.05) is 12.0 Å². The Balaban J connectivity index is 3.54. The van der Waals surface area contributed by atoms with E-state index in [4.69, 9.17) is 12.2 Å². The zero-order chi connectivity index (χ0) is 8.91. The van der Waals surface area contributed by atoms with E-state index in [0.29, 0.717) is 19.3 Å². The molecular formula is C9H17NO. The largest absolute Gasteiger partial charge is 0.393 e. The maximum Gasteiger partial charge on any atom is 0.0566 e. The van der Waals surface area contributed by atoms with Crippen LogP contribution in [-0.2, 0) is 0 Å². The minimum Gasteiger partial charge on any atom is -0.393 e. The van der Waals surface area contributed by atoms with Gasteiger partial charge in [0.05, 0.1) is 6.10 Å². The molecular weight excluding hydrogens is 138 g/mol. The molecule has 0 aliphatic heterocycles. The monoisotopic (exact) mass is 155 g/mol. The third kappa shape index (κ3) is 7.38. The molecule has 1 atom stereocenters. The van der Waals surface area contributed by atoms with Crippen molar-refractivity contribution in [2.75, 3.05) is 0 Å². The molecule has 64 valence electrons. The molecule has 0 rings (SSSR count). The second-order valence-electron chi connectivity index (χ2n) is 3.59. The first kappa shape index (κ1) is 10.5. The molecule has 11 heavy (non-hydrogen) atoms. The maximum absolute atomic E-state index is 9.34. The number of terminal acetylenes is 1. The van der Waals surface area contributed by atoms with Crippen molar-refractivity contribution in [3.8, 4) is 12.3 Å². The van der Waals surface area contributed by atoms with E-state index in [1.165, 1.54) is 0 Å². The SMILES string of the molecule is C#CCCC(O)CC(C)(C)N. The van der Waals surface area contributed by atoms with Gasteiger partial charge in [-0.2, -0.15) is 0 Å². The summed E-state index contributed by atoms with van der Waals surface area (Å²) in [7, 11) is 0. The highest BCUT2D eigenvalue weighted by Crippen LogP contribution is 2.11. The Labute approximate surface area is 68.8 Å². The summed E-state index contributed by atoms with van der Waals surface area (Å²) in [5.74, 6) is 2.48. The molecule has 0 aromatic heterocycles. The lowest BCUT2D eigenvalue weighted by molar-refractivity contribution is 0.133. The topological polar surface area (TPSA) is 46.2 Å². The fourth-order valence-electron chi connectivity index (χ4n) is 0.959. The molecule has 0 radical (unpaired) electrons. The van der Waals surface area contributed by atoms with Crippen molar-refractivity contribution in [3.63, 3.8) is 0 Å². The van der Waals surface area contributed by atoms with Crippen molar-refractivity contribution >= 4 is 0 Å². The quantitative estimate of drug-likeness (QED) is 0.592. The number of hydrogen-bond donors (Lipinski definition) is 2. The van der Waals surface area contributed by atoms with Crippen LogP contribution in [0.1, 0.15) is 33.1 Å². The van der Waals surface area contributed by atoms with E-state index in [9.17, 15) is 5.11 Å². The number of aliphatic hydroxyl groups is 1. The summed E-state index contributed by atoms with van der Waals surface area (Å²) >= 11 is 0. The first-order valence-electron chi connectivity index (χ1n) is 3.86. The van der Waals surface area contributed by atoms with E-state index in [-0.39, 0.29) is 11.6 Å². The van der Waals surface area contributed by atoms with Crippen LogP contribution in [0.3, 0.4) is 0 Å². The van der Waals surface area contributed by atoms with Crippen LogP contribution in [0.25, 0.3) is 0 Å². The number of rotatable bonds is 4. The fourth-order valence-corrected chi connectivity index (χ4v) is 0.959. The number of hydrogen-bond acceptors (Lipinski definition) is 2. The van der Waals surface area contributed by atoms with Gasteiger partial charge in [-0.15, -0.1) is 12.3 Å². The Hall–Kier alpha value is -0.520. The summed E-state index contributed by atoms with van der Waals surface area (Å²) in [5.41, 5.74) is 5.40. The van der Waals surface area contributed by atoms with Crippen molar-refractivity contribution < 1.29 is 5.11 Å². The Morgan fingerprint density at radius 2 is 2.18 bits per heavy atom. The summed E-state index contributed by atoms with van der Waals surface area (Å²) in [6, 6.07) is 0. The van der Waals surface area contributed by atoms with Crippen LogP contribution in [0.2, 0.25) is 0 Å². The van der Waals surface area contributed by atoms with Gasteiger partial charge in [-0.05, 0) is 26.7 Å². The van der Waals surface area contributed by atoms with Gasteiger partial charge in [-0.1, -0.05) is 0 Å². The van der Waals surface area contributed by atoms with Gasteiger partial charge in [-0.3, -0.25) is 0 Å². The van der Waals surface area contributed by atoms with Gasteiger partial charge in [-0.25, -0.2) is 0 Å². The molecule has 2 heteroatoms. The molecule has 0 aromatic carbocycles. The molecule has 3 N–H and O–H groups in total. The smallest absolute Gasteiger partial charge is 0.0566 e. The van der Waals surface area contributed by atoms with Crippen molar-refractivity contribution in [1.29, 1.82) is 0 Å². The Bertz CT molecular complexity index is 141. The van der Waals surface area contributed by atoms with Crippen molar-refractivity contribution in [3.05, 3.63) is 0 Å². The lowest BCUT2D eigenvalue weighted by atomic mass is 9.96. The average molecular weight is 155 g/mol. The average Bonchev–Trinajstić information content (AvgIpc) is 1.79. The van der Waals surface area contributed by atoms with Crippen LogP contribution in [0.15, 0.2) is 0 Å². The minimum atomic E-state index is -0.356. The van der Waals surface area contributed by atoms with Crippen molar-refractivity contribution in [2.45, 2.75) is 44.8 Å². The first-order valence-corrected chi connectivity index (χ1v) is 3.86. The van der Waals surface area contributed by atoms with E-state index in [2.05, 4.69) is 5.92 Å². The third-order valence-corrected chi connectivity index (χ3v) is 1.38. The lowest BCUT2D eigenvalue weighted by Crippen LogP contribution is -2.36. The number of nitrogens with two attached hydrogens (primary N) is 1. The predicted octanol–water partition coefficient (Wildman–Crippen LogP) is 0.888. The van der Waals surface area contributed by atoms with E-state index in [1.807, 2.05) is 13.8 Å². The summed E-state index contributed by atoms with van der Waals surface area (Å²) in [5, 5.41) is 9.34. The van der Waals surface area contributed by atoms with Crippen LogP contribution in [0.4, 0.5) is 0 Å². The zero-order valence-corrected chi connectivity index (χ0v) is 7.30. The van der Waals surface area contributed by atoms with Gasteiger partial charge in [0.15, 0.2) is 0 Å².